The predicted molar refractivity (Wildman–Crippen MR) is 123 cm³/mol. The van der Waals surface area contributed by atoms with Crippen molar-refractivity contribution in [3.05, 3.63) is 114 Å². The number of rotatable bonds is 7. The van der Waals surface area contributed by atoms with Crippen LogP contribution in [0.5, 0.6) is 0 Å². The topological polar surface area (TPSA) is 3.24 Å². The molecule has 1 nitrogen and oxygen atoms in total. The van der Waals surface area contributed by atoms with Crippen molar-refractivity contribution in [2.45, 2.75) is 45.6 Å². The van der Waals surface area contributed by atoms with E-state index in [2.05, 4.69) is 86.6 Å². The lowest BCUT2D eigenvalue weighted by Crippen LogP contribution is -2.34. The molecule has 0 bridgehead atoms. The molecule has 2 aliphatic carbocycles. The predicted octanol–water partition coefficient (Wildman–Crippen LogP) is 7.37. The fraction of sp³-hybridized carbons (Fsp3) is 0.259. The average molecular weight is 370 g/mol. The maximum Gasteiger partial charge on any atom is 0.0556 e. The molecule has 2 aliphatic rings. The minimum Gasteiger partial charge on any atom is -0.338 e. The van der Waals surface area contributed by atoms with Crippen LogP contribution in [-0.2, 0) is 0 Å². The van der Waals surface area contributed by atoms with Crippen molar-refractivity contribution in [1.82, 2.24) is 0 Å². The molecule has 1 unspecified atom stereocenters. The molecule has 3 rings (SSSR count). The summed E-state index contributed by atoms with van der Waals surface area (Å²) in [6, 6.07) is 9.26. The van der Waals surface area contributed by atoms with E-state index < -0.39 is 0 Å². The first kappa shape index (κ1) is 19.9. The fourth-order valence-corrected chi connectivity index (χ4v) is 3.88. The van der Waals surface area contributed by atoms with Crippen LogP contribution in [0.3, 0.4) is 0 Å². The van der Waals surface area contributed by atoms with Crippen LogP contribution in [0.4, 0.5) is 5.69 Å². The van der Waals surface area contributed by atoms with Gasteiger partial charge in [-0.05, 0) is 62.0 Å². The molecule has 1 aromatic rings. The van der Waals surface area contributed by atoms with E-state index in [1.165, 1.54) is 33.7 Å². The Kier molecular flexibility index (Phi) is 6.71. The van der Waals surface area contributed by atoms with E-state index in [1.54, 1.807) is 0 Å². The Morgan fingerprint density at radius 3 is 2.46 bits per heavy atom. The van der Waals surface area contributed by atoms with Gasteiger partial charge in [-0.2, -0.15) is 0 Å². The molecule has 0 fully saturated rings. The van der Waals surface area contributed by atoms with Crippen LogP contribution in [0.2, 0.25) is 0 Å². The monoisotopic (exact) mass is 369 g/mol. The smallest absolute Gasteiger partial charge is 0.0556 e. The van der Waals surface area contributed by atoms with Gasteiger partial charge in [0, 0.05) is 11.4 Å². The third kappa shape index (κ3) is 4.54. The number of nitrogens with zero attached hydrogens (tertiary/aromatic N) is 1. The lowest BCUT2D eigenvalue weighted by molar-refractivity contribution is 0.710. The van der Waals surface area contributed by atoms with Gasteiger partial charge in [0.05, 0.1) is 6.04 Å². The first-order valence-electron chi connectivity index (χ1n) is 10.2. The first-order chi connectivity index (χ1) is 13.7. The number of hydrogen-bond acceptors (Lipinski definition) is 1. The number of anilines is 1. The Hall–Kier alpha value is -2.80. The summed E-state index contributed by atoms with van der Waals surface area (Å²) in [5.41, 5.74) is 7.86. The molecule has 28 heavy (non-hydrogen) atoms. The van der Waals surface area contributed by atoms with Gasteiger partial charge in [0.25, 0.3) is 0 Å². The highest BCUT2D eigenvalue weighted by molar-refractivity contribution is 5.58. The summed E-state index contributed by atoms with van der Waals surface area (Å²) < 4.78 is 0. The van der Waals surface area contributed by atoms with E-state index in [9.17, 15) is 0 Å². The summed E-state index contributed by atoms with van der Waals surface area (Å²) in [7, 11) is 0. The van der Waals surface area contributed by atoms with Crippen molar-refractivity contribution in [3.8, 4) is 0 Å². The van der Waals surface area contributed by atoms with Crippen molar-refractivity contribution in [3.63, 3.8) is 0 Å². The van der Waals surface area contributed by atoms with Crippen molar-refractivity contribution >= 4 is 5.69 Å². The van der Waals surface area contributed by atoms with Crippen molar-refractivity contribution < 1.29 is 0 Å². The minimum absolute atomic E-state index is 0.363. The third-order valence-corrected chi connectivity index (χ3v) is 5.53. The van der Waals surface area contributed by atoms with Gasteiger partial charge in [-0.25, -0.2) is 0 Å². The van der Waals surface area contributed by atoms with Gasteiger partial charge in [-0.3, -0.25) is 0 Å². The molecule has 0 N–H and O–H groups in total. The zero-order valence-electron chi connectivity index (χ0n) is 17.2. The summed E-state index contributed by atoms with van der Waals surface area (Å²) in [5.74, 6) is 0. The Labute approximate surface area is 170 Å². The van der Waals surface area contributed by atoms with E-state index in [-0.39, 0.29) is 0 Å². The zero-order valence-corrected chi connectivity index (χ0v) is 17.2. The van der Waals surface area contributed by atoms with E-state index in [0.29, 0.717) is 6.04 Å². The Bertz CT molecular complexity index is 871. The lowest BCUT2D eigenvalue weighted by atomic mass is 9.93. The number of aryl methyl sites for hydroxylation is 1. The molecule has 0 saturated carbocycles. The molecule has 0 radical (unpaired) electrons. The van der Waals surface area contributed by atoms with Gasteiger partial charge in [0.15, 0.2) is 0 Å². The molecule has 1 aromatic carbocycles. The maximum atomic E-state index is 3.95. The SMILES string of the molecule is C=C/C=C(\C=C)C1=CC=C(N(c2ccc(C)cc2)C2C=CC(CC)=CC2)CC1. The first-order valence-corrected chi connectivity index (χ1v) is 10.2. The summed E-state index contributed by atoms with van der Waals surface area (Å²) in [6.07, 6.45) is 21.6. The minimum atomic E-state index is 0.363. The standard InChI is InChI=1S/C27H31N/c1-5-8-23(7-3)24-13-19-27(20-14-24)28(25-15-9-21(4)10-16-25)26-17-11-22(6-2)12-18-26/h5,7-13,15-17,19,26H,1,3,6,14,18,20H2,2,4H3/b23-8+. The number of allylic oxidation sites excluding steroid dienone is 10. The zero-order chi connectivity index (χ0) is 19.9. The molecule has 0 amide bonds. The van der Waals surface area contributed by atoms with Gasteiger partial charge in [-0.15, -0.1) is 0 Å². The van der Waals surface area contributed by atoms with Crippen molar-refractivity contribution in [2.24, 2.45) is 0 Å². The maximum absolute atomic E-state index is 3.95. The second-order valence-corrected chi connectivity index (χ2v) is 7.41. The van der Waals surface area contributed by atoms with Crippen molar-refractivity contribution in [1.29, 1.82) is 0 Å². The number of hydrogen-bond donors (Lipinski definition) is 0. The highest BCUT2D eigenvalue weighted by Gasteiger charge is 2.23. The average Bonchev–Trinajstić information content (AvgIpc) is 2.74. The molecule has 0 saturated heterocycles. The summed E-state index contributed by atoms with van der Waals surface area (Å²) in [4.78, 5) is 2.51. The third-order valence-electron chi connectivity index (χ3n) is 5.53. The van der Waals surface area contributed by atoms with Crippen LogP contribution < -0.4 is 4.90 Å². The van der Waals surface area contributed by atoms with Gasteiger partial charge in [0.1, 0.15) is 0 Å². The molecule has 0 aliphatic heterocycles. The van der Waals surface area contributed by atoms with Gasteiger partial charge in [0.2, 0.25) is 0 Å². The molecular weight excluding hydrogens is 338 g/mol. The van der Waals surface area contributed by atoms with E-state index in [1.807, 2.05) is 18.2 Å². The van der Waals surface area contributed by atoms with Crippen LogP contribution in [0.1, 0.15) is 38.2 Å². The van der Waals surface area contributed by atoms with E-state index >= 15 is 0 Å². The molecule has 0 spiro atoms. The number of benzene rings is 1. The molecular formula is C27H31N. The summed E-state index contributed by atoms with van der Waals surface area (Å²) in [6.45, 7) is 12.1. The Balaban J connectivity index is 1.94. The summed E-state index contributed by atoms with van der Waals surface area (Å²) in [5, 5.41) is 0. The molecule has 1 heteroatoms. The second-order valence-electron chi connectivity index (χ2n) is 7.41. The van der Waals surface area contributed by atoms with Gasteiger partial charge in [-0.1, -0.05) is 85.9 Å². The van der Waals surface area contributed by atoms with Crippen molar-refractivity contribution in [2.75, 3.05) is 4.90 Å². The van der Waals surface area contributed by atoms with Gasteiger partial charge < -0.3 is 4.90 Å². The van der Waals surface area contributed by atoms with E-state index in [4.69, 9.17) is 0 Å². The second kappa shape index (κ2) is 9.41. The largest absolute Gasteiger partial charge is 0.338 e. The van der Waals surface area contributed by atoms with Crippen LogP contribution in [0.25, 0.3) is 0 Å². The van der Waals surface area contributed by atoms with Crippen LogP contribution in [0, 0.1) is 6.92 Å². The van der Waals surface area contributed by atoms with Crippen LogP contribution >= 0.6 is 0 Å². The Morgan fingerprint density at radius 1 is 1.14 bits per heavy atom. The molecule has 0 aromatic heterocycles. The molecule has 144 valence electrons. The van der Waals surface area contributed by atoms with Gasteiger partial charge >= 0.3 is 0 Å². The van der Waals surface area contributed by atoms with E-state index in [0.717, 1.165) is 25.7 Å². The lowest BCUT2D eigenvalue weighted by Gasteiger charge is -2.36. The summed E-state index contributed by atoms with van der Waals surface area (Å²) >= 11 is 0. The van der Waals surface area contributed by atoms with Crippen LogP contribution in [0.15, 0.2) is 108 Å². The molecule has 1 atom stereocenters. The van der Waals surface area contributed by atoms with Crippen LogP contribution in [-0.4, -0.2) is 6.04 Å². The molecule has 0 heterocycles. The fourth-order valence-electron chi connectivity index (χ4n) is 3.88. The Morgan fingerprint density at radius 2 is 1.93 bits per heavy atom. The highest BCUT2D eigenvalue weighted by atomic mass is 15.2. The normalized spacial score (nSPS) is 19.4. The highest BCUT2D eigenvalue weighted by Crippen LogP contribution is 2.33. The quantitative estimate of drug-likeness (QED) is 0.453.